The SMILES string of the molecule is CCC(NC)c1ccccc1OCc1ccc(F)c(Cl)c1. The number of hydrogen-bond donors (Lipinski definition) is 1. The zero-order chi connectivity index (χ0) is 15.2. The summed E-state index contributed by atoms with van der Waals surface area (Å²) in [6.07, 6.45) is 0.971. The molecule has 0 aliphatic carbocycles. The predicted molar refractivity (Wildman–Crippen MR) is 84.3 cm³/mol. The van der Waals surface area contributed by atoms with Gasteiger partial charge in [0.05, 0.1) is 5.02 Å². The van der Waals surface area contributed by atoms with Crippen molar-refractivity contribution in [2.45, 2.75) is 26.0 Å². The van der Waals surface area contributed by atoms with E-state index in [4.69, 9.17) is 16.3 Å². The van der Waals surface area contributed by atoms with Crippen molar-refractivity contribution in [2.24, 2.45) is 0 Å². The van der Waals surface area contributed by atoms with Crippen LogP contribution in [0.2, 0.25) is 5.02 Å². The van der Waals surface area contributed by atoms with E-state index in [1.165, 1.54) is 6.07 Å². The highest BCUT2D eigenvalue weighted by Gasteiger charge is 2.12. The van der Waals surface area contributed by atoms with E-state index in [0.717, 1.165) is 23.3 Å². The Bertz CT molecular complexity index is 599. The van der Waals surface area contributed by atoms with Gasteiger partial charge in [-0.2, -0.15) is 0 Å². The van der Waals surface area contributed by atoms with E-state index >= 15 is 0 Å². The molecule has 2 rings (SSSR count). The van der Waals surface area contributed by atoms with Gasteiger partial charge in [-0.15, -0.1) is 0 Å². The molecule has 0 spiro atoms. The van der Waals surface area contributed by atoms with Gasteiger partial charge in [0.2, 0.25) is 0 Å². The van der Waals surface area contributed by atoms with Gasteiger partial charge < -0.3 is 10.1 Å². The van der Waals surface area contributed by atoms with E-state index < -0.39 is 5.82 Å². The highest BCUT2D eigenvalue weighted by molar-refractivity contribution is 6.30. The van der Waals surface area contributed by atoms with Crippen molar-refractivity contribution < 1.29 is 9.13 Å². The molecule has 112 valence electrons. The number of para-hydroxylation sites is 1. The molecule has 0 fully saturated rings. The van der Waals surface area contributed by atoms with Crippen LogP contribution in [0.1, 0.15) is 30.5 Å². The minimum absolute atomic E-state index is 0.117. The standard InChI is InChI=1S/C17H19ClFNO/c1-3-16(20-2)13-6-4-5-7-17(13)21-11-12-8-9-15(19)14(18)10-12/h4-10,16,20H,3,11H2,1-2H3. The summed E-state index contributed by atoms with van der Waals surface area (Å²) in [5.74, 6) is 0.418. The summed E-state index contributed by atoms with van der Waals surface area (Å²) in [4.78, 5) is 0. The molecular formula is C17H19ClFNO. The molecule has 0 amide bonds. The Morgan fingerprint density at radius 1 is 1.24 bits per heavy atom. The second-order valence-electron chi connectivity index (χ2n) is 4.82. The summed E-state index contributed by atoms with van der Waals surface area (Å²) in [7, 11) is 1.94. The molecule has 21 heavy (non-hydrogen) atoms. The molecule has 0 aromatic heterocycles. The monoisotopic (exact) mass is 307 g/mol. The van der Waals surface area contributed by atoms with Crippen molar-refractivity contribution in [1.29, 1.82) is 0 Å². The maximum absolute atomic E-state index is 13.1. The van der Waals surface area contributed by atoms with E-state index in [2.05, 4.69) is 18.3 Å². The summed E-state index contributed by atoms with van der Waals surface area (Å²) in [5.41, 5.74) is 1.96. The minimum atomic E-state index is -0.415. The normalized spacial score (nSPS) is 12.2. The average Bonchev–Trinajstić information content (AvgIpc) is 2.51. The number of benzene rings is 2. The molecule has 1 N–H and O–H groups in total. The van der Waals surface area contributed by atoms with E-state index in [9.17, 15) is 4.39 Å². The van der Waals surface area contributed by atoms with Crippen molar-refractivity contribution in [3.05, 3.63) is 64.4 Å². The summed E-state index contributed by atoms with van der Waals surface area (Å²) in [6, 6.07) is 12.8. The van der Waals surface area contributed by atoms with Crippen LogP contribution in [0.15, 0.2) is 42.5 Å². The third-order valence-corrected chi connectivity index (χ3v) is 3.72. The number of ether oxygens (including phenoxy) is 1. The molecule has 2 nitrogen and oxygen atoms in total. The van der Waals surface area contributed by atoms with Gasteiger partial charge in [-0.25, -0.2) is 4.39 Å². The maximum Gasteiger partial charge on any atom is 0.141 e. The summed E-state index contributed by atoms with van der Waals surface area (Å²) in [5, 5.41) is 3.39. The summed E-state index contributed by atoms with van der Waals surface area (Å²) >= 11 is 5.78. The van der Waals surface area contributed by atoms with Crippen LogP contribution in [0, 0.1) is 5.82 Å². The number of rotatable bonds is 6. The molecule has 4 heteroatoms. The average molecular weight is 308 g/mol. The van der Waals surface area contributed by atoms with Gasteiger partial charge in [0.25, 0.3) is 0 Å². The van der Waals surface area contributed by atoms with Crippen LogP contribution < -0.4 is 10.1 Å². The molecule has 0 aliphatic rings. The third-order valence-electron chi connectivity index (χ3n) is 3.43. The van der Waals surface area contributed by atoms with Crippen LogP contribution in [-0.2, 0) is 6.61 Å². The number of hydrogen-bond acceptors (Lipinski definition) is 2. The molecule has 0 radical (unpaired) electrons. The lowest BCUT2D eigenvalue weighted by Gasteiger charge is -2.18. The van der Waals surface area contributed by atoms with Gasteiger partial charge in [-0.1, -0.05) is 42.8 Å². The Morgan fingerprint density at radius 3 is 2.67 bits per heavy atom. The zero-order valence-electron chi connectivity index (χ0n) is 12.2. The first-order valence-electron chi connectivity index (χ1n) is 6.98. The van der Waals surface area contributed by atoms with Crippen LogP contribution in [0.3, 0.4) is 0 Å². The second kappa shape index (κ2) is 7.43. The summed E-state index contributed by atoms with van der Waals surface area (Å²) < 4.78 is 19.0. The first-order chi connectivity index (χ1) is 10.2. The first-order valence-corrected chi connectivity index (χ1v) is 7.36. The van der Waals surface area contributed by atoms with Crippen molar-refractivity contribution in [3.8, 4) is 5.75 Å². The Labute approximate surface area is 129 Å². The fourth-order valence-corrected chi connectivity index (χ4v) is 2.47. The van der Waals surface area contributed by atoms with Gasteiger partial charge in [0, 0.05) is 11.6 Å². The van der Waals surface area contributed by atoms with Crippen molar-refractivity contribution in [2.75, 3.05) is 7.05 Å². The van der Waals surface area contributed by atoms with Crippen LogP contribution in [0.4, 0.5) is 4.39 Å². The molecule has 2 aromatic carbocycles. The molecule has 0 saturated carbocycles. The molecule has 0 aliphatic heterocycles. The Kier molecular flexibility index (Phi) is 5.59. The number of nitrogens with one attached hydrogen (secondary N) is 1. The molecular weight excluding hydrogens is 289 g/mol. The molecule has 2 aromatic rings. The van der Waals surface area contributed by atoms with Crippen LogP contribution >= 0.6 is 11.6 Å². The van der Waals surface area contributed by atoms with Crippen molar-refractivity contribution in [1.82, 2.24) is 5.32 Å². The lowest BCUT2D eigenvalue weighted by molar-refractivity contribution is 0.299. The molecule has 0 bridgehead atoms. The van der Waals surface area contributed by atoms with Crippen LogP contribution in [0.25, 0.3) is 0 Å². The maximum atomic E-state index is 13.1. The number of halogens is 2. The van der Waals surface area contributed by atoms with Gasteiger partial charge in [-0.05, 0) is 37.2 Å². The lowest BCUT2D eigenvalue weighted by atomic mass is 10.0. The highest BCUT2D eigenvalue weighted by atomic mass is 35.5. The van der Waals surface area contributed by atoms with E-state index in [1.807, 2.05) is 25.2 Å². The fraction of sp³-hybridized carbons (Fsp3) is 0.294. The van der Waals surface area contributed by atoms with Crippen LogP contribution in [-0.4, -0.2) is 7.05 Å². The van der Waals surface area contributed by atoms with Crippen molar-refractivity contribution in [3.63, 3.8) is 0 Å². The second-order valence-corrected chi connectivity index (χ2v) is 5.23. The van der Waals surface area contributed by atoms with Gasteiger partial charge >= 0.3 is 0 Å². The Balaban J connectivity index is 2.14. The van der Waals surface area contributed by atoms with Crippen LogP contribution in [0.5, 0.6) is 5.75 Å². The first kappa shape index (κ1) is 15.8. The molecule has 1 atom stereocenters. The minimum Gasteiger partial charge on any atom is -0.489 e. The van der Waals surface area contributed by atoms with Gasteiger partial charge in [-0.3, -0.25) is 0 Å². The van der Waals surface area contributed by atoms with Crippen molar-refractivity contribution >= 4 is 11.6 Å². The summed E-state index contributed by atoms with van der Waals surface area (Å²) in [6.45, 7) is 2.48. The molecule has 1 unspecified atom stereocenters. The Hall–Kier alpha value is -1.58. The Morgan fingerprint density at radius 2 is 2.00 bits per heavy atom. The third kappa shape index (κ3) is 3.96. The quantitative estimate of drug-likeness (QED) is 0.833. The predicted octanol–water partition coefficient (Wildman–Crippen LogP) is 4.73. The van der Waals surface area contributed by atoms with E-state index in [0.29, 0.717) is 6.61 Å². The topological polar surface area (TPSA) is 21.3 Å². The largest absolute Gasteiger partial charge is 0.489 e. The van der Waals surface area contributed by atoms with Gasteiger partial charge in [0.1, 0.15) is 18.2 Å². The van der Waals surface area contributed by atoms with E-state index in [1.54, 1.807) is 12.1 Å². The van der Waals surface area contributed by atoms with E-state index in [-0.39, 0.29) is 11.1 Å². The lowest BCUT2D eigenvalue weighted by Crippen LogP contribution is -2.16. The van der Waals surface area contributed by atoms with Gasteiger partial charge in [0.15, 0.2) is 0 Å². The highest BCUT2D eigenvalue weighted by Crippen LogP contribution is 2.27. The molecule has 0 heterocycles. The fourth-order valence-electron chi connectivity index (χ4n) is 2.27. The smallest absolute Gasteiger partial charge is 0.141 e. The molecule has 0 saturated heterocycles. The zero-order valence-corrected chi connectivity index (χ0v) is 13.0.